The summed E-state index contributed by atoms with van der Waals surface area (Å²) in [6.07, 6.45) is 3.80. The first-order chi connectivity index (χ1) is 11.6. The molecule has 0 spiro atoms. The third kappa shape index (κ3) is 1.80. The third-order valence-corrected chi connectivity index (χ3v) is 8.03. The van der Waals surface area contributed by atoms with Gasteiger partial charge in [0.2, 0.25) is 0 Å². The number of methoxy groups -OCH3 is 1. The number of Topliss-reactive ketones (excluding diaryl/α,β-unsaturated/α-hetero) is 2. The Bertz CT molecular complexity index is 682. The number of hydrogen-bond acceptors (Lipinski definition) is 5. The van der Waals surface area contributed by atoms with E-state index in [1.54, 1.807) is 0 Å². The summed E-state index contributed by atoms with van der Waals surface area (Å²) < 4.78 is 10.3. The molecule has 0 amide bonds. The Morgan fingerprint density at radius 3 is 2.44 bits per heavy atom. The molecule has 0 N–H and O–H groups in total. The number of ether oxygens (including phenoxy) is 2. The molecule has 0 aromatic heterocycles. The topological polar surface area (TPSA) is 73.0 Å². The average molecular weight is 348 g/mol. The van der Waals surface area contributed by atoms with E-state index >= 15 is 0 Å². The van der Waals surface area contributed by atoms with Crippen LogP contribution in [0.3, 0.4) is 0 Å². The van der Waals surface area contributed by atoms with Gasteiger partial charge in [-0.25, -0.2) is 4.79 Å². The van der Waals surface area contributed by atoms with Crippen LogP contribution in [-0.2, 0) is 23.9 Å². The van der Waals surface area contributed by atoms with Crippen LogP contribution in [0.5, 0.6) is 0 Å². The highest BCUT2D eigenvalue weighted by atomic mass is 16.7. The van der Waals surface area contributed by atoms with Crippen LogP contribution in [0.2, 0.25) is 0 Å². The summed E-state index contributed by atoms with van der Waals surface area (Å²) in [5.41, 5.74) is -2.55. The normalized spacial score (nSPS) is 50.4. The molecule has 3 saturated carbocycles. The molecule has 6 unspecified atom stereocenters. The molecule has 4 fully saturated rings. The van der Waals surface area contributed by atoms with Crippen LogP contribution in [0.4, 0.5) is 0 Å². The van der Waals surface area contributed by atoms with Crippen molar-refractivity contribution in [1.29, 1.82) is 0 Å². The summed E-state index contributed by atoms with van der Waals surface area (Å²) in [7, 11) is 1.24. The highest BCUT2D eigenvalue weighted by Gasteiger charge is 2.82. The number of carbonyl (C=O) groups is 3. The van der Waals surface area contributed by atoms with Crippen molar-refractivity contribution >= 4 is 17.5 Å². The largest absolute Gasteiger partial charge is 0.466 e. The predicted molar refractivity (Wildman–Crippen MR) is 89.7 cm³/mol. The third-order valence-electron chi connectivity index (χ3n) is 8.03. The molecule has 6 atom stereocenters. The van der Waals surface area contributed by atoms with E-state index in [9.17, 15) is 14.4 Å². The Hall–Kier alpha value is -1.23. The van der Waals surface area contributed by atoms with Gasteiger partial charge in [0, 0.05) is 11.3 Å². The van der Waals surface area contributed by atoms with Gasteiger partial charge in [-0.05, 0) is 42.4 Å². The molecule has 25 heavy (non-hydrogen) atoms. The Labute approximate surface area is 148 Å². The molecule has 0 aromatic rings. The van der Waals surface area contributed by atoms with Gasteiger partial charge in [-0.3, -0.25) is 9.59 Å². The molecule has 1 heterocycles. The molecular weight excluding hydrogens is 320 g/mol. The van der Waals surface area contributed by atoms with Gasteiger partial charge >= 0.3 is 5.97 Å². The molecular formula is C20H28O5. The van der Waals surface area contributed by atoms with Crippen molar-refractivity contribution in [3.05, 3.63) is 0 Å². The van der Waals surface area contributed by atoms with E-state index in [0.717, 1.165) is 25.7 Å². The maximum Gasteiger partial charge on any atom is 0.349 e. The number of esters is 1. The maximum atomic E-state index is 13.4. The summed E-state index contributed by atoms with van der Waals surface area (Å²) in [5.74, 6) is -0.960. The summed E-state index contributed by atoms with van der Waals surface area (Å²) in [6.45, 7) is 8.65. The van der Waals surface area contributed by atoms with Gasteiger partial charge in [-0.1, -0.05) is 34.1 Å². The average Bonchev–Trinajstić information content (AvgIpc) is 3.28. The second-order valence-corrected chi connectivity index (χ2v) is 9.75. The summed E-state index contributed by atoms with van der Waals surface area (Å²) >= 11 is 0. The van der Waals surface area contributed by atoms with E-state index in [1.165, 1.54) is 7.11 Å². The van der Waals surface area contributed by atoms with E-state index in [2.05, 4.69) is 20.8 Å². The fourth-order valence-electron chi connectivity index (χ4n) is 6.99. The van der Waals surface area contributed by atoms with Crippen molar-refractivity contribution in [3.8, 4) is 0 Å². The Balaban J connectivity index is 1.81. The fraction of sp³-hybridized carbons (Fsp3) is 0.850. The van der Waals surface area contributed by atoms with E-state index in [-0.39, 0.29) is 28.3 Å². The van der Waals surface area contributed by atoms with Gasteiger partial charge in [-0.15, -0.1) is 0 Å². The lowest BCUT2D eigenvalue weighted by atomic mass is 9.40. The van der Waals surface area contributed by atoms with Crippen LogP contribution in [0.25, 0.3) is 0 Å². The minimum absolute atomic E-state index is 0.0580. The van der Waals surface area contributed by atoms with Crippen molar-refractivity contribution in [2.75, 3.05) is 7.11 Å². The van der Waals surface area contributed by atoms with Gasteiger partial charge in [0.25, 0.3) is 5.60 Å². The molecule has 4 aliphatic rings. The molecule has 0 aromatic carbocycles. The van der Waals surface area contributed by atoms with Crippen LogP contribution in [0, 0.1) is 28.1 Å². The lowest BCUT2D eigenvalue weighted by Crippen LogP contribution is -2.66. The van der Waals surface area contributed by atoms with E-state index in [4.69, 9.17) is 9.47 Å². The van der Waals surface area contributed by atoms with Crippen LogP contribution >= 0.6 is 0 Å². The minimum atomic E-state index is -1.66. The molecule has 0 radical (unpaired) electrons. The summed E-state index contributed by atoms with van der Waals surface area (Å²) in [4.78, 5) is 39.0. The first-order valence-corrected chi connectivity index (χ1v) is 9.40. The SMILES string of the molecule is COC(=O)C12OC1C(=O)C1C(C)(CCC3C(C)(C)CCCC31C)C2=O. The number of ketones is 2. The van der Waals surface area contributed by atoms with Crippen molar-refractivity contribution in [3.63, 3.8) is 0 Å². The Morgan fingerprint density at radius 2 is 1.80 bits per heavy atom. The number of hydrogen-bond donors (Lipinski definition) is 0. The quantitative estimate of drug-likeness (QED) is 0.414. The molecule has 5 nitrogen and oxygen atoms in total. The predicted octanol–water partition coefficient (Wildman–Crippen LogP) is 2.70. The Kier molecular flexibility index (Phi) is 3.25. The van der Waals surface area contributed by atoms with Gasteiger partial charge in [-0.2, -0.15) is 0 Å². The van der Waals surface area contributed by atoms with Gasteiger partial charge in [0.1, 0.15) is 0 Å². The summed E-state index contributed by atoms with van der Waals surface area (Å²) in [6, 6.07) is 0. The first kappa shape index (κ1) is 17.2. The highest BCUT2D eigenvalue weighted by molar-refractivity contribution is 6.22. The highest BCUT2D eigenvalue weighted by Crippen LogP contribution is 2.69. The van der Waals surface area contributed by atoms with Crippen molar-refractivity contribution in [2.24, 2.45) is 28.1 Å². The van der Waals surface area contributed by atoms with Crippen LogP contribution in [0.15, 0.2) is 0 Å². The first-order valence-electron chi connectivity index (χ1n) is 9.40. The molecule has 4 rings (SSSR count). The lowest BCUT2D eigenvalue weighted by Gasteiger charge is -2.62. The maximum absolute atomic E-state index is 13.4. The molecule has 5 heteroatoms. The second kappa shape index (κ2) is 4.73. The Morgan fingerprint density at radius 1 is 1.12 bits per heavy atom. The van der Waals surface area contributed by atoms with Crippen LogP contribution in [0.1, 0.15) is 59.8 Å². The number of carbonyl (C=O) groups excluding carboxylic acids is 3. The number of rotatable bonds is 1. The number of epoxide rings is 1. The van der Waals surface area contributed by atoms with Crippen molar-refractivity contribution in [2.45, 2.75) is 71.5 Å². The van der Waals surface area contributed by atoms with Crippen molar-refractivity contribution < 1.29 is 23.9 Å². The number of fused-ring (bicyclic) bond motifs is 4. The minimum Gasteiger partial charge on any atom is -0.466 e. The van der Waals surface area contributed by atoms with Crippen molar-refractivity contribution in [1.82, 2.24) is 0 Å². The standard InChI is InChI=1S/C20H28O5/c1-17(2)8-6-9-18(3)11(17)7-10-19(4)13(18)12(21)14-20(25-14,15(19)22)16(23)24-5/h11,13-14H,6-10H2,1-5H3. The summed E-state index contributed by atoms with van der Waals surface area (Å²) in [5, 5.41) is 0. The molecule has 0 bridgehead atoms. The lowest BCUT2D eigenvalue weighted by molar-refractivity contribution is -0.177. The zero-order valence-corrected chi connectivity index (χ0v) is 15.8. The second-order valence-electron chi connectivity index (χ2n) is 9.75. The van der Waals surface area contributed by atoms with Gasteiger partial charge < -0.3 is 9.47 Å². The smallest absolute Gasteiger partial charge is 0.349 e. The zero-order chi connectivity index (χ0) is 18.4. The van der Waals surface area contributed by atoms with Gasteiger partial charge in [0.15, 0.2) is 17.7 Å². The molecule has 1 aliphatic heterocycles. The zero-order valence-electron chi connectivity index (χ0n) is 15.8. The van der Waals surface area contributed by atoms with E-state index in [1.807, 2.05) is 6.92 Å². The van der Waals surface area contributed by atoms with E-state index in [0.29, 0.717) is 12.3 Å². The monoisotopic (exact) mass is 348 g/mol. The molecule has 138 valence electrons. The molecule has 3 aliphatic carbocycles. The van der Waals surface area contributed by atoms with Crippen LogP contribution < -0.4 is 0 Å². The van der Waals surface area contributed by atoms with Crippen LogP contribution in [-0.4, -0.2) is 36.4 Å². The van der Waals surface area contributed by atoms with Gasteiger partial charge in [0.05, 0.1) is 7.11 Å². The van der Waals surface area contributed by atoms with E-state index < -0.39 is 23.1 Å². The fourth-order valence-corrected chi connectivity index (χ4v) is 6.99. The molecule has 1 saturated heterocycles.